The second kappa shape index (κ2) is 3.03. The molecule has 2 aromatic rings. The molecule has 0 aliphatic carbocycles. The summed E-state index contributed by atoms with van der Waals surface area (Å²) in [5.74, 6) is 0.900. The molecule has 0 unspecified atom stereocenters. The smallest absolute Gasteiger partial charge is 0.155 e. The minimum atomic E-state index is 0.878. The maximum atomic E-state index is 4.35. The molecule has 0 saturated carbocycles. The van der Waals surface area contributed by atoms with Crippen LogP contribution in [0.1, 0.15) is 5.69 Å². The van der Waals surface area contributed by atoms with Gasteiger partial charge in [0.05, 0.1) is 5.69 Å². The number of nitrogens with one attached hydrogen (secondary N) is 1. The van der Waals surface area contributed by atoms with E-state index in [0.29, 0.717) is 0 Å². The van der Waals surface area contributed by atoms with Gasteiger partial charge in [0.2, 0.25) is 0 Å². The molecule has 13 heavy (non-hydrogen) atoms. The molecule has 0 bridgehead atoms. The molecular formula is C9H10BrN3. The van der Waals surface area contributed by atoms with Crippen LogP contribution in [0.5, 0.6) is 0 Å². The summed E-state index contributed by atoms with van der Waals surface area (Å²) in [7, 11) is 2.00. The van der Waals surface area contributed by atoms with Gasteiger partial charge in [0.1, 0.15) is 4.60 Å². The van der Waals surface area contributed by atoms with Crippen molar-refractivity contribution in [2.24, 2.45) is 7.05 Å². The first-order chi connectivity index (χ1) is 6.18. The molecule has 4 heteroatoms. The molecule has 0 saturated heterocycles. The Morgan fingerprint density at radius 1 is 1.54 bits per heavy atom. The van der Waals surface area contributed by atoms with E-state index in [4.69, 9.17) is 0 Å². The van der Waals surface area contributed by atoms with Gasteiger partial charge in [0, 0.05) is 18.9 Å². The first kappa shape index (κ1) is 8.56. The minimum absolute atomic E-state index is 0.878. The van der Waals surface area contributed by atoms with Gasteiger partial charge >= 0.3 is 0 Å². The summed E-state index contributed by atoms with van der Waals surface area (Å²) in [6, 6.07) is 4.03. The Labute approximate surface area is 84.9 Å². The van der Waals surface area contributed by atoms with Gasteiger partial charge in [0.15, 0.2) is 5.82 Å². The first-order valence-electron chi connectivity index (χ1n) is 4.02. The molecule has 0 aliphatic heterocycles. The van der Waals surface area contributed by atoms with E-state index in [1.54, 1.807) is 0 Å². The molecule has 0 atom stereocenters. The first-order valence-corrected chi connectivity index (χ1v) is 4.81. The van der Waals surface area contributed by atoms with Crippen LogP contribution in [0.3, 0.4) is 0 Å². The van der Waals surface area contributed by atoms with Gasteiger partial charge in [-0.15, -0.1) is 0 Å². The van der Waals surface area contributed by atoms with Crippen LogP contribution < -0.4 is 0 Å². The van der Waals surface area contributed by atoms with Crippen LogP contribution in [0.15, 0.2) is 22.9 Å². The zero-order valence-electron chi connectivity index (χ0n) is 7.50. The SMILES string of the molecule is Cc1[nH]c(-c2cccn2C)nc1Br. The second-order valence-corrected chi connectivity index (χ2v) is 3.76. The summed E-state index contributed by atoms with van der Waals surface area (Å²) in [6.45, 7) is 1.99. The van der Waals surface area contributed by atoms with Gasteiger partial charge in [0.25, 0.3) is 0 Å². The lowest BCUT2D eigenvalue weighted by atomic mass is 10.4. The van der Waals surface area contributed by atoms with E-state index in [2.05, 4.69) is 25.9 Å². The van der Waals surface area contributed by atoms with Gasteiger partial charge in [-0.25, -0.2) is 4.98 Å². The summed E-state index contributed by atoms with van der Waals surface area (Å²) in [5, 5.41) is 0. The molecule has 0 radical (unpaired) electrons. The van der Waals surface area contributed by atoms with Crippen LogP contribution >= 0.6 is 15.9 Å². The van der Waals surface area contributed by atoms with Crippen molar-refractivity contribution in [1.29, 1.82) is 0 Å². The lowest BCUT2D eigenvalue weighted by Crippen LogP contribution is -1.90. The van der Waals surface area contributed by atoms with Crippen molar-refractivity contribution in [3.63, 3.8) is 0 Å². The molecule has 0 amide bonds. The van der Waals surface area contributed by atoms with E-state index in [1.165, 1.54) is 0 Å². The highest BCUT2D eigenvalue weighted by molar-refractivity contribution is 9.10. The van der Waals surface area contributed by atoms with Gasteiger partial charge in [-0.3, -0.25) is 0 Å². The van der Waals surface area contributed by atoms with Crippen molar-refractivity contribution in [3.8, 4) is 11.5 Å². The molecule has 3 nitrogen and oxygen atoms in total. The van der Waals surface area contributed by atoms with Gasteiger partial charge in [-0.1, -0.05) is 0 Å². The van der Waals surface area contributed by atoms with Crippen LogP contribution in [0.2, 0.25) is 0 Å². The molecule has 2 aromatic heterocycles. The fourth-order valence-corrected chi connectivity index (χ4v) is 1.54. The zero-order valence-corrected chi connectivity index (χ0v) is 9.09. The van der Waals surface area contributed by atoms with Gasteiger partial charge in [-0.05, 0) is 35.0 Å². The average molecular weight is 240 g/mol. The van der Waals surface area contributed by atoms with Crippen LogP contribution in [-0.4, -0.2) is 14.5 Å². The predicted octanol–water partition coefficient (Wildman–Crippen LogP) is 2.49. The number of H-pyrrole nitrogens is 1. The summed E-state index contributed by atoms with van der Waals surface area (Å²) < 4.78 is 2.91. The molecule has 0 aliphatic rings. The minimum Gasteiger partial charge on any atom is -0.348 e. The molecular weight excluding hydrogens is 230 g/mol. The van der Waals surface area contributed by atoms with E-state index in [1.807, 2.05) is 36.9 Å². The molecule has 0 fully saturated rings. The lowest BCUT2D eigenvalue weighted by Gasteiger charge is -1.97. The highest BCUT2D eigenvalue weighted by atomic mass is 79.9. The lowest BCUT2D eigenvalue weighted by molar-refractivity contribution is 0.925. The van der Waals surface area contributed by atoms with Gasteiger partial charge in [-0.2, -0.15) is 0 Å². The maximum absolute atomic E-state index is 4.35. The van der Waals surface area contributed by atoms with E-state index in [9.17, 15) is 0 Å². The van der Waals surface area contributed by atoms with Crippen molar-refractivity contribution in [2.45, 2.75) is 6.92 Å². The largest absolute Gasteiger partial charge is 0.348 e. The number of aromatic amines is 1. The Morgan fingerprint density at radius 3 is 2.77 bits per heavy atom. The Balaban J connectivity index is 2.53. The fraction of sp³-hybridized carbons (Fsp3) is 0.222. The Kier molecular flexibility index (Phi) is 2.00. The molecule has 68 valence electrons. The van der Waals surface area contributed by atoms with E-state index in [0.717, 1.165) is 21.8 Å². The third kappa shape index (κ3) is 1.42. The van der Waals surface area contributed by atoms with Crippen molar-refractivity contribution in [2.75, 3.05) is 0 Å². The van der Waals surface area contributed by atoms with Crippen LogP contribution in [0.4, 0.5) is 0 Å². The molecule has 2 rings (SSSR count). The highest BCUT2D eigenvalue weighted by Crippen LogP contribution is 2.20. The third-order valence-corrected chi connectivity index (χ3v) is 2.78. The number of hydrogen-bond acceptors (Lipinski definition) is 1. The fourth-order valence-electron chi connectivity index (χ4n) is 1.27. The van der Waals surface area contributed by atoms with Crippen molar-refractivity contribution < 1.29 is 0 Å². The normalized spacial score (nSPS) is 10.7. The summed E-state index contributed by atoms with van der Waals surface area (Å²) in [5.41, 5.74) is 2.14. The predicted molar refractivity (Wildman–Crippen MR) is 55.4 cm³/mol. The Bertz CT molecular complexity index is 408. The zero-order chi connectivity index (χ0) is 9.42. The number of aromatic nitrogens is 3. The monoisotopic (exact) mass is 239 g/mol. The number of nitrogens with zero attached hydrogens (tertiary/aromatic N) is 2. The van der Waals surface area contributed by atoms with Gasteiger partial charge < -0.3 is 9.55 Å². The maximum Gasteiger partial charge on any atom is 0.155 e. The van der Waals surface area contributed by atoms with E-state index >= 15 is 0 Å². The topological polar surface area (TPSA) is 33.6 Å². The number of halogens is 1. The quantitative estimate of drug-likeness (QED) is 0.816. The number of rotatable bonds is 1. The number of imidazole rings is 1. The summed E-state index contributed by atoms with van der Waals surface area (Å²) >= 11 is 3.37. The van der Waals surface area contributed by atoms with Crippen LogP contribution in [-0.2, 0) is 7.05 Å². The third-order valence-electron chi connectivity index (χ3n) is 2.01. The summed E-state index contributed by atoms with van der Waals surface area (Å²) in [4.78, 5) is 7.56. The molecule has 2 heterocycles. The average Bonchev–Trinajstić information content (AvgIpc) is 2.60. The Hall–Kier alpha value is -1.03. The van der Waals surface area contributed by atoms with E-state index < -0.39 is 0 Å². The number of hydrogen-bond donors (Lipinski definition) is 1. The molecule has 1 N–H and O–H groups in total. The van der Waals surface area contributed by atoms with Crippen LogP contribution in [0.25, 0.3) is 11.5 Å². The molecule has 0 aromatic carbocycles. The van der Waals surface area contributed by atoms with Crippen molar-refractivity contribution >= 4 is 15.9 Å². The van der Waals surface area contributed by atoms with Crippen molar-refractivity contribution in [3.05, 3.63) is 28.6 Å². The van der Waals surface area contributed by atoms with Crippen molar-refractivity contribution in [1.82, 2.24) is 14.5 Å². The second-order valence-electron chi connectivity index (χ2n) is 3.01. The van der Waals surface area contributed by atoms with E-state index in [-0.39, 0.29) is 0 Å². The number of aryl methyl sites for hydroxylation is 2. The molecule has 0 spiro atoms. The summed E-state index contributed by atoms with van der Waals surface area (Å²) in [6.07, 6.45) is 2.00. The highest BCUT2D eigenvalue weighted by Gasteiger charge is 2.07. The Morgan fingerprint density at radius 2 is 2.31 bits per heavy atom. The standard InChI is InChI=1S/C9H10BrN3/c1-6-8(10)12-9(11-6)7-4-3-5-13(7)2/h3-5H,1-2H3,(H,11,12). The van der Waals surface area contributed by atoms with Crippen LogP contribution in [0, 0.1) is 6.92 Å².